The summed E-state index contributed by atoms with van der Waals surface area (Å²) in [7, 11) is 0. The van der Waals surface area contributed by atoms with Gasteiger partial charge in [-0.05, 0) is 23.6 Å². The van der Waals surface area contributed by atoms with E-state index in [4.69, 9.17) is 5.11 Å². The molecule has 1 fully saturated rings. The Labute approximate surface area is 117 Å². The van der Waals surface area contributed by atoms with Crippen molar-refractivity contribution < 1.29 is 19.8 Å². The molecule has 1 saturated heterocycles. The van der Waals surface area contributed by atoms with E-state index in [0.29, 0.717) is 11.5 Å². The lowest BCUT2D eigenvalue weighted by molar-refractivity contribution is -0.141. The number of β-amino-alcohol motifs (C(OH)–C–C–N with tert-alkyl or cyclic N) is 1. The summed E-state index contributed by atoms with van der Waals surface area (Å²) >= 11 is 0. The van der Waals surface area contributed by atoms with Crippen molar-refractivity contribution in [3.63, 3.8) is 0 Å². The Balaban J connectivity index is 2.20. The molecular formula is C15H19NO4. The molecule has 0 spiro atoms. The first-order valence-corrected chi connectivity index (χ1v) is 6.72. The first kappa shape index (κ1) is 14.5. The quantitative estimate of drug-likeness (QED) is 0.877. The second kappa shape index (κ2) is 5.63. The third kappa shape index (κ3) is 2.82. The lowest BCUT2D eigenvalue weighted by atomic mass is 10.0. The second-order valence-electron chi connectivity index (χ2n) is 5.48. The monoisotopic (exact) mass is 277 g/mol. The Hall–Kier alpha value is -1.88. The molecule has 1 aromatic carbocycles. The van der Waals surface area contributed by atoms with Crippen molar-refractivity contribution >= 4 is 11.9 Å². The molecule has 0 aliphatic carbocycles. The summed E-state index contributed by atoms with van der Waals surface area (Å²) < 4.78 is 0. The van der Waals surface area contributed by atoms with E-state index in [9.17, 15) is 14.7 Å². The summed E-state index contributed by atoms with van der Waals surface area (Å²) in [6.07, 6.45) is -0.680. The molecule has 5 heteroatoms. The Bertz CT molecular complexity index is 509. The molecule has 0 aromatic heterocycles. The van der Waals surface area contributed by atoms with Gasteiger partial charge >= 0.3 is 5.97 Å². The number of rotatable bonds is 3. The molecule has 1 amide bonds. The zero-order valence-electron chi connectivity index (χ0n) is 11.6. The molecule has 5 nitrogen and oxygen atoms in total. The minimum Gasteiger partial charge on any atom is -0.480 e. The number of hydrogen-bond donors (Lipinski definition) is 2. The fraction of sp³-hybridized carbons (Fsp3) is 0.467. The predicted octanol–water partition coefficient (Wildman–Crippen LogP) is 1.47. The van der Waals surface area contributed by atoms with Crippen molar-refractivity contribution in [2.24, 2.45) is 0 Å². The smallest absolute Gasteiger partial charge is 0.326 e. The fourth-order valence-electron chi connectivity index (χ4n) is 2.45. The minimum atomic E-state index is -1.08. The predicted molar refractivity (Wildman–Crippen MR) is 73.6 cm³/mol. The highest BCUT2D eigenvalue weighted by molar-refractivity contribution is 5.97. The molecule has 0 bridgehead atoms. The van der Waals surface area contributed by atoms with E-state index in [1.807, 2.05) is 12.1 Å². The van der Waals surface area contributed by atoms with E-state index in [2.05, 4.69) is 13.8 Å². The van der Waals surface area contributed by atoms with E-state index in [0.717, 1.165) is 5.56 Å². The molecule has 1 aliphatic heterocycles. The number of likely N-dealkylation sites (tertiary alicyclic amines) is 1. The second-order valence-corrected chi connectivity index (χ2v) is 5.48. The summed E-state index contributed by atoms with van der Waals surface area (Å²) in [5.74, 6) is -1.04. The number of aliphatic carboxylic acids is 1. The Kier molecular flexibility index (Phi) is 4.09. The maximum absolute atomic E-state index is 12.3. The van der Waals surface area contributed by atoms with Crippen LogP contribution in [0.25, 0.3) is 0 Å². The Morgan fingerprint density at radius 1 is 1.25 bits per heavy atom. The molecule has 2 N–H and O–H groups in total. The molecule has 1 heterocycles. The van der Waals surface area contributed by atoms with Crippen LogP contribution >= 0.6 is 0 Å². The average molecular weight is 277 g/mol. The van der Waals surface area contributed by atoms with Gasteiger partial charge in [0.05, 0.1) is 6.10 Å². The number of carboxylic acids is 1. The SMILES string of the molecule is CC(C)c1ccc(C(=O)N2C[C@H](O)C[C@H]2C(=O)O)cc1. The zero-order chi connectivity index (χ0) is 14.9. The average Bonchev–Trinajstić information content (AvgIpc) is 2.80. The van der Waals surface area contributed by atoms with Crippen molar-refractivity contribution in [3.05, 3.63) is 35.4 Å². The van der Waals surface area contributed by atoms with Gasteiger partial charge in [-0.15, -0.1) is 0 Å². The first-order chi connectivity index (χ1) is 9.40. The Morgan fingerprint density at radius 2 is 1.85 bits per heavy atom. The molecule has 0 saturated carbocycles. The van der Waals surface area contributed by atoms with Crippen LogP contribution in [0, 0.1) is 0 Å². The molecule has 0 radical (unpaired) electrons. The van der Waals surface area contributed by atoms with Gasteiger partial charge in [0.1, 0.15) is 6.04 Å². The van der Waals surface area contributed by atoms with E-state index < -0.39 is 18.1 Å². The topological polar surface area (TPSA) is 77.8 Å². The number of nitrogens with zero attached hydrogens (tertiary/aromatic N) is 1. The summed E-state index contributed by atoms with van der Waals surface area (Å²) in [5.41, 5.74) is 1.58. The third-order valence-electron chi connectivity index (χ3n) is 3.65. The number of hydrogen-bond acceptors (Lipinski definition) is 3. The number of aliphatic hydroxyl groups is 1. The van der Waals surface area contributed by atoms with Crippen LogP contribution < -0.4 is 0 Å². The van der Waals surface area contributed by atoms with Crippen LogP contribution in [0.1, 0.15) is 42.1 Å². The van der Waals surface area contributed by atoms with E-state index >= 15 is 0 Å². The van der Waals surface area contributed by atoms with Crippen LogP contribution in [0.15, 0.2) is 24.3 Å². The molecule has 20 heavy (non-hydrogen) atoms. The highest BCUT2D eigenvalue weighted by Gasteiger charge is 2.39. The number of carboxylic acid groups (broad SMARTS) is 1. The van der Waals surface area contributed by atoms with E-state index in [1.54, 1.807) is 12.1 Å². The fourth-order valence-corrected chi connectivity index (χ4v) is 2.45. The molecule has 1 aliphatic rings. The van der Waals surface area contributed by atoms with Gasteiger partial charge < -0.3 is 15.1 Å². The van der Waals surface area contributed by atoms with Gasteiger partial charge in [0, 0.05) is 18.5 Å². The Morgan fingerprint density at radius 3 is 2.35 bits per heavy atom. The van der Waals surface area contributed by atoms with Gasteiger partial charge in [-0.2, -0.15) is 0 Å². The zero-order valence-corrected chi connectivity index (χ0v) is 11.6. The van der Waals surface area contributed by atoms with E-state index in [-0.39, 0.29) is 18.9 Å². The van der Waals surface area contributed by atoms with Gasteiger partial charge in [0.15, 0.2) is 0 Å². The number of carbonyl (C=O) groups is 2. The first-order valence-electron chi connectivity index (χ1n) is 6.72. The minimum absolute atomic E-state index is 0.0712. The highest BCUT2D eigenvalue weighted by atomic mass is 16.4. The van der Waals surface area contributed by atoms with Crippen LogP contribution in [-0.4, -0.2) is 45.7 Å². The molecule has 1 aromatic rings. The normalized spacial score (nSPS) is 22.3. The number of carbonyl (C=O) groups excluding carboxylic acids is 1. The summed E-state index contributed by atoms with van der Waals surface area (Å²) in [4.78, 5) is 24.7. The number of aliphatic hydroxyl groups excluding tert-OH is 1. The lowest BCUT2D eigenvalue weighted by Crippen LogP contribution is -2.40. The maximum Gasteiger partial charge on any atom is 0.326 e. The van der Waals surface area contributed by atoms with Crippen LogP contribution in [0.4, 0.5) is 0 Å². The van der Waals surface area contributed by atoms with Gasteiger partial charge in [-0.3, -0.25) is 4.79 Å². The summed E-state index contributed by atoms with van der Waals surface area (Å²) in [5, 5.41) is 18.7. The molecule has 108 valence electrons. The number of benzene rings is 1. The molecule has 2 atom stereocenters. The lowest BCUT2D eigenvalue weighted by Gasteiger charge is -2.21. The maximum atomic E-state index is 12.3. The molecule has 0 unspecified atom stereocenters. The third-order valence-corrected chi connectivity index (χ3v) is 3.65. The standard InChI is InChI=1S/C15H19NO4/c1-9(2)10-3-5-11(6-4-10)14(18)16-8-12(17)7-13(16)15(19)20/h3-6,9,12-13,17H,7-8H2,1-2H3,(H,19,20)/t12-,13+/m1/s1. The molecule has 2 rings (SSSR count). The van der Waals surface area contributed by atoms with Crippen molar-refractivity contribution in [2.45, 2.75) is 38.3 Å². The van der Waals surface area contributed by atoms with Gasteiger partial charge in [-0.25, -0.2) is 4.79 Å². The highest BCUT2D eigenvalue weighted by Crippen LogP contribution is 2.22. The molecular weight excluding hydrogens is 258 g/mol. The van der Waals surface area contributed by atoms with Crippen LogP contribution in [0.5, 0.6) is 0 Å². The van der Waals surface area contributed by atoms with Crippen molar-refractivity contribution in [3.8, 4) is 0 Å². The van der Waals surface area contributed by atoms with Crippen molar-refractivity contribution in [2.75, 3.05) is 6.54 Å². The van der Waals surface area contributed by atoms with Crippen molar-refractivity contribution in [1.29, 1.82) is 0 Å². The van der Waals surface area contributed by atoms with Crippen LogP contribution in [0.3, 0.4) is 0 Å². The number of amides is 1. The largest absolute Gasteiger partial charge is 0.480 e. The summed E-state index contributed by atoms with van der Waals surface area (Å²) in [6, 6.07) is 6.23. The van der Waals surface area contributed by atoms with Gasteiger partial charge in [-0.1, -0.05) is 26.0 Å². The van der Waals surface area contributed by atoms with Crippen LogP contribution in [0.2, 0.25) is 0 Å². The van der Waals surface area contributed by atoms with Crippen molar-refractivity contribution in [1.82, 2.24) is 4.90 Å². The van der Waals surface area contributed by atoms with Gasteiger partial charge in [0.2, 0.25) is 0 Å². The van der Waals surface area contributed by atoms with Gasteiger partial charge in [0.25, 0.3) is 5.91 Å². The van der Waals surface area contributed by atoms with Crippen LogP contribution in [-0.2, 0) is 4.79 Å². The van der Waals surface area contributed by atoms with E-state index in [1.165, 1.54) is 4.90 Å². The summed E-state index contributed by atoms with van der Waals surface area (Å²) in [6.45, 7) is 4.20.